The summed E-state index contributed by atoms with van der Waals surface area (Å²) in [6.07, 6.45) is -17.8. The Morgan fingerprint density at radius 1 is 0.886 bits per heavy atom. The van der Waals surface area contributed by atoms with E-state index in [1.54, 1.807) is 0 Å². The normalized spacial score (nSPS) is 14.0. The Morgan fingerprint density at radius 3 is 1.54 bits per heavy atom. The summed E-state index contributed by atoms with van der Waals surface area (Å²) >= 11 is 0. The molecular formula is C14H21F12NO7Si. The maximum Gasteiger partial charge on any atom is 0.522 e. The predicted octanol–water partition coefficient (Wildman–Crippen LogP) is 4.38. The van der Waals surface area contributed by atoms with Crippen molar-refractivity contribution >= 4 is 21.3 Å². The summed E-state index contributed by atoms with van der Waals surface area (Å²) in [6, 6.07) is 0.538. The molecule has 21 heteroatoms. The molecule has 0 aliphatic rings. The Morgan fingerprint density at radius 2 is 1.34 bits per heavy atom. The Bertz CT molecular complexity index is 565. The summed E-state index contributed by atoms with van der Waals surface area (Å²) in [5, 5.41) is 2.04. The van der Waals surface area contributed by atoms with Gasteiger partial charge in [-0.15, -0.1) is 17.6 Å². The van der Waals surface area contributed by atoms with E-state index in [1.165, 1.54) is 21.3 Å². The highest BCUT2D eigenvalue weighted by Gasteiger charge is 2.58. The van der Waals surface area contributed by atoms with Crippen LogP contribution in [0.4, 0.5) is 57.5 Å². The van der Waals surface area contributed by atoms with Gasteiger partial charge in [-0.25, -0.2) is 9.18 Å². The zero-order chi connectivity index (χ0) is 28.6. The van der Waals surface area contributed by atoms with Gasteiger partial charge in [0.25, 0.3) is 0 Å². The lowest BCUT2D eigenvalue weighted by molar-refractivity contribution is -0.352. The molecule has 212 valence electrons. The van der Waals surface area contributed by atoms with Gasteiger partial charge in [0.05, 0.1) is 0 Å². The minimum Gasteiger partial charge on any atom is -0.377 e. The molecule has 8 nitrogen and oxygen atoms in total. The van der Waals surface area contributed by atoms with E-state index in [2.05, 4.69) is 9.47 Å². The molecule has 0 spiro atoms. The smallest absolute Gasteiger partial charge is 0.377 e. The van der Waals surface area contributed by atoms with Crippen LogP contribution in [0, 0.1) is 0 Å². The average Bonchev–Trinajstić information content (AvgIpc) is 2.72. The van der Waals surface area contributed by atoms with Gasteiger partial charge in [-0.2, -0.15) is 30.7 Å². The zero-order valence-corrected chi connectivity index (χ0v) is 19.0. The van der Waals surface area contributed by atoms with Gasteiger partial charge in [-0.3, -0.25) is 9.53 Å². The van der Waals surface area contributed by atoms with Crippen LogP contribution in [-0.4, -0.2) is 87.2 Å². The Balaban J connectivity index is -0.000000447. The van der Waals surface area contributed by atoms with Crippen molar-refractivity contribution in [3.05, 3.63) is 0 Å². The maximum absolute atomic E-state index is 12.1. The van der Waals surface area contributed by atoms with Crippen LogP contribution in [0.1, 0.15) is 6.42 Å². The molecular weight excluding hydrogens is 550 g/mol. The largest absolute Gasteiger partial charge is 0.522 e. The summed E-state index contributed by atoms with van der Waals surface area (Å²) < 4.78 is 155. The van der Waals surface area contributed by atoms with E-state index in [0.29, 0.717) is 12.5 Å². The van der Waals surface area contributed by atoms with Crippen molar-refractivity contribution in [3.8, 4) is 0 Å². The first-order chi connectivity index (χ1) is 15.7. The molecule has 0 radical (unpaired) electrons. The van der Waals surface area contributed by atoms with Crippen molar-refractivity contribution in [1.29, 1.82) is 0 Å². The highest BCUT2D eigenvalue weighted by Crippen LogP contribution is 2.33. The summed E-state index contributed by atoms with van der Waals surface area (Å²) in [5.74, 6) is -4.53. The molecule has 0 bridgehead atoms. The molecule has 0 aromatic carbocycles. The minimum atomic E-state index is -5.54. The lowest BCUT2D eigenvalue weighted by atomic mass is 10.3. The van der Waals surface area contributed by atoms with E-state index < -0.39 is 59.3 Å². The number of hydrogen-bond acceptors (Lipinski definition) is 7. The van der Waals surface area contributed by atoms with Crippen LogP contribution in [-0.2, 0) is 27.5 Å². The van der Waals surface area contributed by atoms with Crippen molar-refractivity contribution in [1.82, 2.24) is 5.32 Å². The summed E-state index contributed by atoms with van der Waals surface area (Å²) in [5.41, 5.74) is 0. The third-order valence-electron chi connectivity index (χ3n) is 3.06. The summed E-state index contributed by atoms with van der Waals surface area (Å²) in [4.78, 5) is 19.4. The quantitative estimate of drug-likeness (QED) is 0.0984. The standard InChI is InChI=1S/C7H16FNO4Si.C4H3F5O2.C3H2F6O/c1-11-14(12-2,13-3)6-4-5-9-7(8)10;5-2-11-3(6,1-10)4(7,8)9;4-2(5,6)1-10-3(7,8)9/h4-6H2,1-3H3,(H,9,10);1H,2H2;1H2. The number of carbonyl (C=O) groups is 2. The molecule has 0 rings (SSSR count). The molecule has 1 amide bonds. The molecule has 0 fully saturated rings. The first-order valence-corrected chi connectivity index (χ1v) is 10.4. The molecule has 0 aromatic rings. The first-order valence-electron chi connectivity index (χ1n) is 8.46. The van der Waals surface area contributed by atoms with Gasteiger partial charge in [-0.05, 0) is 6.42 Å². The maximum atomic E-state index is 12.1. The fourth-order valence-electron chi connectivity index (χ4n) is 1.47. The molecule has 1 N–H and O–H groups in total. The number of alkyl halides is 11. The van der Waals surface area contributed by atoms with E-state index in [9.17, 15) is 62.3 Å². The molecule has 0 aliphatic carbocycles. The fourth-order valence-corrected chi connectivity index (χ4v) is 3.20. The van der Waals surface area contributed by atoms with Gasteiger partial charge < -0.3 is 23.3 Å². The molecule has 35 heavy (non-hydrogen) atoms. The van der Waals surface area contributed by atoms with Crippen LogP contribution < -0.4 is 5.32 Å². The Kier molecular flexibility index (Phi) is 18.3. The predicted molar refractivity (Wildman–Crippen MR) is 91.8 cm³/mol. The van der Waals surface area contributed by atoms with E-state index in [4.69, 9.17) is 13.3 Å². The second-order valence-corrected chi connectivity index (χ2v) is 8.55. The van der Waals surface area contributed by atoms with Crippen molar-refractivity contribution in [3.63, 3.8) is 0 Å². The van der Waals surface area contributed by atoms with Crippen LogP contribution in [0.2, 0.25) is 6.04 Å². The lowest BCUT2D eigenvalue weighted by Gasteiger charge is -2.24. The SMILES string of the molecule is CO[Si](CCCNC(=O)F)(OC)OC.FC(F)(F)COC(F)(F)F.O=CC(F)(OCF)C(F)(F)F. The van der Waals surface area contributed by atoms with Crippen molar-refractivity contribution in [2.75, 3.05) is 41.3 Å². The minimum absolute atomic E-state index is 0.250. The molecule has 1 unspecified atom stereocenters. The Hall–Kier alpha value is -1.68. The number of rotatable bonds is 11. The van der Waals surface area contributed by atoms with Crippen LogP contribution >= 0.6 is 0 Å². The third kappa shape index (κ3) is 20.2. The number of amides is 1. The molecule has 0 aliphatic heterocycles. The summed E-state index contributed by atoms with van der Waals surface area (Å²) in [7, 11) is 1.96. The number of nitrogens with one attached hydrogen (secondary N) is 1. The first kappa shape index (κ1) is 37.9. The van der Waals surface area contributed by atoms with Gasteiger partial charge in [0.2, 0.25) is 0 Å². The fraction of sp³-hybridized carbons (Fsp3) is 0.857. The Labute approximate surface area is 191 Å². The molecule has 0 heterocycles. The van der Waals surface area contributed by atoms with E-state index in [0.717, 1.165) is 0 Å². The molecule has 0 saturated carbocycles. The van der Waals surface area contributed by atoms with Crippen molar-refractivity contribution in [2.24, 2.45) is 0 Å². The van der Waals surface area contributed by atoms with E-state index >= 15 is 0 Å². The highest BCUT2D eigenvalue weighted by molar-refractivity contribution is 6.60. The van der Waals surface area contributed by atoms with Gasteiger partial charge in [-0.1, -0.05) is 0 Å². The number of aldehydes is 1. The number of carbonyl (C=O) groups excluding carboxylic acids is 2. The molecule has 0 saturated heterocycles. The van der Waals surface area contributed by atoms with Crippen LogP contribution in [0.5, 0.6) is 0 Å². The van der Waals surface area contributed by atoms with Crippen LogP contribution in [0.15, 0.2) is 0 Å². The molecule has 0 aromatic heterocycles. The van der Waals surface area contributed by atoms with E-state index in [-0.39, 0.29) is 6.54 Å². The lowest BCUT2D eigenvalue weighted by Crippen LogP contribution is -2.44. The number of hydrogen-bond donors (Lipinski definition) is 1. The van der Waals surface area contributed by atoms with Gasteiger partial charge in [0.15, 0.2) is 19.8 Å². The highest BCUT2D eigenvalue weighted by atomic mass is 28.4. The monoisotopic (exact) mass is 571 g/mol. The zero-order valence-electron chi connectivity index (χ0n) is 18.0. The van der Waals surface area contributed by atoms with Crippen molar-refractivity contribution in [2.45, 2.75) is 37.0 Å². The van der Waals surface area contributed by atoms with Gasteiger partial charge >= 0.3 is 39.5 Å². The third-order valence-corrected chi connectivity index (χ3v) is 5.89. The van der Waals surface area contributed by atoms with Crippen LogP contribution in [0.25, 0.3) is 0 Å². The van der Waals surface area contributed by atoms with Crippen molar-refractivity contribution < 1.29 is 85.0 Å². The second-order valence-electron chi connectivity index (χ2n) is 5.46. The number of halogens is 12. The average molecular weight is 571 g/mol. The number of ether oxygens (including phenoxy) is 2. The van der Waals surface area contributed by atoms with E-state index in [1.807, 2.05) is 5.32 Å². The topological polar surface area (TPSA) is 92.3 Å². The van der Waals surface area contributed by atoms with Gasteiger partial charge in [0, 0.05) is 33.9 Å². The van der Waals surface area contributed by atoms with Gasteiger partial charge in [0.1, 0.15) is 0 Å². The summed E-state index contributed by atoms with van der Waals surface area (Å²) in [6.45, 7) is -4.06. The second kappa shape index (κ2) is 16.9. The van der Waals surface area contributed by atoms with Crippen LogP contribution in [0.3, 0.4) is 0 Å². The molecule has 1 atom stereocenters.